The summed E-state index contributed by atoms with van der Waals surface area (Å²) in [5, 5.41) is 9.10. The van der Waals surface area contributed by atoms with Crippen LogP contribution >= 0.6 is 0 Å². The molecule has 3 heterocycles. The summed E-state index contributed by atoms with van der Waals surface area (Å²) >= 11 is 0. The number of carbonyl (C=O) groups is 1. The van der Waals surface area contributed by atoms with Crippen LogP contribution in [0.5, 0.6) is 0 Å². The van der Waals surface area contributed by atoms with E-state index in [1.807, 2.05) is 30.5 Å². The summed E-state index contributed by atoms with van der Waals surface area (Å²) in [4.78, 5) is 22.6. The third kappa shape index (κ3) is 4.02. The zero-order valence-corrected chi connectivity index (χ0v) is 14.9. The Labute approximate surface area is 153 Å². The zero-order valence-electron chi connectivity index (χ0n) is 14.9. The van der Waals surface area contributed by atoms with Gasteiger partial charge in [-0.2, -0.15) is 0 Å². The van der Waals surface area contributed by atoms with Gasteiger partial charge in [0, 0.05) is 19.2 Å². The van der Waals surface area contributed by atoms with Gasteiger partial charge in [-0.3, -0.25) is 9.78 Å². The molecule has 6 nitrogen and oxygen atoms in total. The lowest BCUT2D eigenvalue weighted by atomic mass is 9.97. The van der Waals surface area contributed by atoms with E-state index in [-0.39, 0.29) is 18.1 Å². The molecule has 2 saturated heterocycles. The number of rotatable bonds is 5. The molecule has 2 aromatic rings. The van der Waals surface area contributed by atoms with Crippen molar-refractivity contribution in [2.75, 3.05) is 19.6 Å². The Hall–Kier alpha value is -2.05. The standard InChI is InChI=1S/C20H25N3O3/c24-20(25)14-7-9-23(10-8-14)13-17-6-5-16(26-17)11-15-12-21-18-3-1-2-4-19(18)22-15/h1-4,12,14,16-17H,5-11,13H2,(H,24,25)/t16-,17+/m0/s1. The molecule has 2 aliphatic rings. The maximum Gasteiger partial charge on any atom is 0.306 e. The Morgan fingerprint density at radius 2 is 1.85 bits per heavy atom. The summed E-state index contributed by atoms with van der Waals surface area (Å²) in [5.74, 6) is -0.826. The van der Waals surface area contributed by atoms with E-state index < -0.39 is 5.97 Å². The molecule has 1 aromatic heterocycles. The highest BCUT2D eigenvalue weighted by molar-refractivity contribution is 5.73. The van der Waals surface area contributed by atoms with Gasteiger partial charge >= 0.3 is 5.97 Å². The Morgan fingerprint density at radius 1 is 1.12 bits per heavy atom. The van der Waals surface area contributed by atoms with Crippen LogP contribution in [0.2, 0.25) is 0 Å². The van der Waals surface area contributed by atoms with Crippen molar-refractivity contribution in [3.8, 4) is 0 Å². The summed E-state index contributed by atoms with van der Waals surface area (Å²) in [6, 6.07) is 7.92. The van der Waals surface area contributed by atoms with Gasteiger partial charge in [0.05, 0.1) is 34.9 Å². The molecule has 6 heteroatoms. The van der Waals surface area contributed by atoms with Crippen LogP contribution in [-0.2, 0) is 16.0 Å². The predicted octanol–water partition coefficient (Wildman–Crippen LogP) is 2.52. The van der Waals surface area contributed by atoms with E-state index in [2.05, 4.69) is 9.88 Å². The first-order chi connectivity index (χ1) is 12.7. The van der Waals surface area contributed by atoms with Gasteiger partial charge in [-0.15, -0.1) is 0 Å². The van der Waals surface area contributed by atoms with Gasteiger partial charge in [0.2, 0.25) is 0 Å². The molecule has 138 valence electrons. The average Bonchev–Trinajstić information content (AvgIpc) is 3.09. The number of hydrogen-bond donors (Lipinski definition) is 1. The first kappa shape index (κ1) is 17.4. The second-order valence-electron chi connectivity index (χ2n) is 7.42. The third-order valence-electron chi connectivity index (χ3n) is 5.53. The first-order valence-corrected chi connectivity index (χ1v) is 9.48. The molecule has 1 aromatic carbocycles. The number of likely N-dealkylation sites (tertiary alicyclic amines) is 1. The first-order valence-electron chi connectivity index (χ1n) is 9.48. The van der Waals surface area contributed by atoms with E-state index in [0.717, 1.165) is 68.5 Å². The Morgan fingerprint density at radius 3 is 2.62 bits per heavy atom. The molecule has 4 rings (SSSR count). The van der Waals surface area contributed by atoms with Crippen molar-refractivity contribution in [1.29, 1.82) is 0 Å². The van der Waals surface area contributed by atoms with Gasteiger partial charge in [0.1, 0.15) is 0 Å². The number of hydrogen-bond acceptors (Lipinski definition) is 5. The van der Waals surface area contributed by atoms with Crippen LogP contribution in [-0.4, -0.2) is 57.8 Å². The minimum absolute atomic E-state index is 0.171. The number of aromatic nitrogens is 2. The predicted molar refractivity (Wildman–Crippen MR) is 97.9 cm³/mol. The molecule has 2 fully saturated rings. The number of benzene rings is 1. The highest BCUT2D eigenvalue weighted by Crippen LogP contribution is 2.25. The molecule has 0 unspecified atom stereocenters. The van der Waals surface area contributed by atoms with E-state index in [1.54, 1.807) is 0 Å². The molecule has 0 aliphatic carbocycles. The number of fused-ring (bicyclic) bond motifs is 1. The quantitative estimate of drug-likeness (QED) is 0.888. The van der Waals surface area contributed by atoms with Crippen molar-refractivity contribution >= 4 is 17.0 Å². The fourth-order valence-electron chi connectivity index (χ4n) is 4.04. The number of aliphatic carboxylic acids is 1. The zero-order chi connectivity index (χ0) is 17.9. The molecule has 26 heavy (non-hydrogen) atoms. The molecule has 0 spiro atoms. The molecule has 0 saturated carbocycles. The van der Waals surface area contributed by atoms with E-state index in [4.69, 9.17) is 14.8 Å². The normalized spacial score (nSPS) is 24.9. The molecule has 0 amide bonds. The molecular formula is C20H25N3O3. The number of piperidine rings is 1. The Balaban J connectivity index is 1.27. The lowest BCUT2D eigenvalue weighted by Crippen LogP contribution is -2.40. The SMILES string of the molecule is O=C(O)C1CCN(C[C@H]2CC[C@@H](Cc3cnc4ccccc4n3)O2)CC1. The summed E-state index contributed by atoms with van der Waals surface area (Å²) < 4.78 is 6.23. The van der Waals surface area contributed by atoms with Crippen LogP contribution in [0.4, 0.5) is 0 Å². The number of para-hydroxylation sites is 2. The van der Waals surface area contributed by atoms with Gasteiger partial charge in [0.15, 0.2) is 0 Å². The molecular weight excluding hydrogens is 330 g/mol. The second kappa shape index (κ2) is 7.68. The Kier molecular flexibility index (Phi) is 5.13. The van der Waals surface area contributed by atoms with Gasteiger partial charge in [0.25, 0.3) is 0 Å². The summed E-state index contributed by atoms with van der Waals surface area (Å²) in [5.41, 5.74) is 2.84. The van der Waals surface area contributed by atoms with Crippen molar-refractivity contribution in [2.24, 2.45) is 5.92 Å². The summed E-state index contributed by atoms with van der Waals surface area (Å²) in [6.07, 6.45) is 6.71. The smallest absolute Gasteiger partial charge is 0.306 e. The molecule has 1 N–H and O–H groups in total. The summed E-state index contributed by atoms with van der Waals surface area (Å²) in [6.45, 7) is 2.63. The molecule has 2 atom stereocenters. The van der Waals surface area contributed by atoms with Crippen LogP contribution < -0.4 is 0 Å². The maximum atomic E-state index is 11.0. The van der Waals surface area contributed by atoms with E-state index in [1.165, 1.54) is 0 Å². The van der Waals surface area contributed by atoms with Crippen molar-refractivity contribution in [3.63, 3.8) is 0 Å². The van der Waals surface area contributed by atoms with Crippen molar-refractivity contribution in [1.82, 2.24) is 14.9 Å². The van der Waals surface area contributed by atoms with E-state index in [9.17, 15) is 4.79 Å². The van der Waals surface area contributed by atoms with Crippen molar-refractivity contribution in [3.05, 3.63) is 36.2 Å². The minimum atomic E-state index is -0.654. The lowest BCUT2D eigenvalue weighted by Gasteiger charge is -2.31. The van der Waals surface area contributed by atoms with E-state index >= 15 is 0 Å². The van der Waals surface area contributed by atoms with Gasteiger partial charge in [-0.1, -0.05) is 12.1 Å². The maximum absolute atomic E-state index is 11.0. The van der Waals surface area contributed by atoms with Gasteiger partial charge in [-0.05, 0) is 50.9 Å². The van der Waals surface area contributed by atoms with Crippen LogP contribution in [0.3, 0.4) is 0 Å². The molecule has 0 radical (unpaired) electrons. The van der Waals surface area contributed by atoms with Crippen LogP contribution in [0.1, 0.15) is 31.4 Å². The number of ether oxygens (including phenoxy) is 1. The minimum Gasteiger partial charge on any atom is -0.481 e. The number of nitrogens with zero attached hydrogens (tertiary/aromatic N) is 3. The third-order valence-corrected chi connectivity index (χ3v) is 5.53. The largest absolute Gasteiger partial charge is 0.481 e. The van der Waals surface area contributed by atoms with Crippen LogP contribution in [0.25, 0.3) is 11.0 Å². The second-order valence-corrected chi connectivity index (χ2v) is 7.42. The van der Waals surface area contributed by atoms with Crippen LogP contribution in [0.15, 0.2) is 30.5 Å². The fourth-order valence-corrected chi connectivity index (χ4v) is 4.04. The van der Waals surface area contributed by atoms with Gasteiger partial charge < -0.3 is 14.7 Å². The molecule has 2 aliphatic heterocycles. The molecule has 0 bridgehead atoms. The number of carboxylic acids is 1. The number of carboxylic acid groups (broad SMARTS) is 1. The highest BCUT2D eigenvalue weighted by Gasteiger charge is 2.30. The fraction of sp³-hybridized carbons (Fsp3) is 0.550. The lowest BCUT2D eigenvalue weighted by molar-refractivity contribution is -0.143. The van der Waals surface area contributed by atoms with E-state index in [0.29, 0.717) is 0 Å². The van der Waals surface area contributed by atoms with Crippen molar-refractivity contribution < 1.29 is 14.6 Å². The van der Waals surface area contributed by atoms with Crippen LogP contribution in [0, 0.1) is 5.92 Å². The average molecular weight is 355 g/mol. The topological polar surface area (TPSA) is 75.5 Å². The van der Waals surface area contributed by atoms with Gasteiger partial charge in [-0.25, -0.2) is 4.98 Å². The monoisotopic (exact) mass is 355 g/mol. The highest BCUT2D eigenvalue weighted by atomic mass is 16.5. The Bertz CT molecular complexity index is 774. The van der Waals surface area contributed by atoms with Crippen molar-refractivity contribution in [2.45, 2.75) is 44.3 Å². The summed E-state index contributed by atoms with van der Waals surface area (Å²) in [7, 11) is 0.